The first kappa shape index (κ1) is 22.6. The van der Waals surface area contributed by atoms with Gasteiger partial charge in [0.1, 0.15) is 11.5 Å². The maximum Gasteiger partial charge on any atom is 0.257 e. The number of benzene rings is 2. The smallest absolute Gasteiger partial charge is 0.257 e. The Hall–Kier alpha value is -3.59. The Morgan fingerprint density at radius 3 is 2.15 bits per heavy atom. The second-order valence-electron chi connectivity index (χ2n) is 7.57. The number of carbonyl (C=O) groups excluding carboxylic acids is 2. The lowest BCUT2D eigenvalue weighted by molar-refractivity contribution is -0.130. The lowest BCUT2D eigenvalue weighted by Gasteiger charge is -2.36. The minimum absolute atomic E-state index is 0.0442. The van der Waals surface area contributed by atoms with Crippen molar-refractivity contribution in [3.8, 4) is 11.5 Å². The summed E-state index contributed by atoms with van der Waals surface area (Å²) in [7, 11) is 3.23. The van der Waals surface area contributed by atoms with E-state index in [1.165, 1.54) is 11.3 Å². The number of nitrogens with one attached hydrogen (secondary N) is 1. The Balaban J connectivity index is 1.27. The van der Waals surface area contributed by atoms with Crippen molar-refractivity contribution in [1.29, 1.82) is 0 Å². The fraction of sp³-hybridized carbons (Fsp3) is 0.292. The zero-order chi connectivity index (χ0) is 23.2. The molecule has 9 heteroatoms. The normalized spacial score (nSPS) is 13.5. The van der Waals surface area contributed by atoms with Crippen LogP contribution < -0.4 is 19.7 Å². The second-order valence-corrected chi connectivity index (χ2v) is 8.43. The summed E-state index contributed by atoms with van der Waals surface area (Å²) in [4.78, 5) is 33.7. The standard InChI is InChI=1S/C24H26N4O4S/c1-31-20-7-3-17(4-8-20)23(30)26-24-25-18(16-33-24)15-22(29)28-13-11-27(12-14-28)19-5-9-21(32-2)10-6-19/h3-10,16H,11-15H2,1-2H3,(H,25,26,30). The molecule has 0 saturated carbocycles. The average Bonchev–Trinajstić information content (AvgIpc) is 3.30. The van der Waals surface area contributed by atoms with Gasteiger partial charge < -0.3 is 19.3 Å². The number of piperazine rings is 1. The molecule has 3 aromatic rings. The third-order valence-electron chi connectivity index (χ3n) is 5.53. The van der Waals surface area contributed by atoms with Gasteiger partial charge in [-0.2, -0.15) is 0 Å². The van der Waals surface area contributed by atoms with Crippen LogP contribution in [0.15, 0.2) is 53.9 Å². The number of thiazole rings is 1. The summed E-state index contributed by atoms with van der Waals surface area (Å²) in [5.74, 6) is 1.31. The summed E-state index contributed by atoms with van der Waals surface area (Å²) in [6.45, 7) is 2.88. The molecular weight excluding hydrogens is 440 g/mol. The summed E-state index contributed by atoms with van der Waals surface area (Å²) >= 11 is 1.31. The van der Waals surface area contributed by atoms with E-state index >= 15 is 0 Å². The number of hydrogen-bond donors (Lipinski definition) is 1. The van der Waals surface area contributed by atoms with E-state index in [-0.39, 0.29) is 18.2 Å². The minimum atomic E-state index is -0.250. The van der Waals surface area contributed by atoms with Crippen LogP contribution in [0.3, 0.4) is 0 Å². The fourth-order valence-corrected chi connectivity index (χ4v) is 4.34. The van der Waals surface area contributed by atoms with Crippen LogP contribution in [0, 0.1) is 0 Å². The van der Waals surface area contributed by atoms with Crippen LogP contribution in [0.4, 0.5) is 10.8 Å². The molecule has 0 radical (unpaired) electrons. The molecule has 1 N–H and O–H groups in total. The number of nitrogens with zero attached hydrogens (tertiary/aromatic N) is 3. The molecule has 33 heavy (non-hydrogen) atoms. The molecule has 0 unspecified atom stereocenters. The van der Waals surface area contributed by atoms with Crippen LogP contribution >= 0.6 is 11.3 Å². The molecule has 8 nitrogen and oxygen atoms in total. The zero-order valence-corrected chi connectivity index (χ0v) is 19.4. The van der Waals surface area contributed by atoms with Gasteiger partial charge in [0.25, 0.3) is 5.91 Å². The molecule has 0 aliphatic carbocycles. The number of hydrogen-bond acceptors (Lipinski definition) is 7. The first-order valence-electron chi connectivity index (χ1n) is 10.6. The highest BCUT2D eigenvalue weighted by atomic mass is 32.1. The van der Waals surface area contributed by atoms with Gasteiger partial charge in [0.05, 0.1) is 26.3 Å². The summed E-state index contributed by atoms with van der Waals surface area (Å²) in [5, 5.41) is 5.08. The van der Waals surface area contributed by atoms with Crippen LogP contribution in [0.25, 0.3) is 0 Å². The molecule has 1 aromatic heterocycles. The van der Waals surface area contributed by atoms with Gasteiger partial charge in [-0.1, -0.05) is 0 Å². The predicted octanol–water partition coefficient (Wildman–Crippen LogP) is 3.30. The topological polar surface area (TPSA) is 84.0 Å². The Morgan fingerprint density at radius 1 is 0.939 bits per heavy atom. The first-order chi connectivity index (χ1) is 16.1. The highest BCUT2D eigenvalue weighted by Gasteiger charge is 2.22. The van der Waals surface area contributed by atoms with E-state index in [1.807, 2.05) is 34.5 Å². The lowest BCUT2D eigenvalue weighted by atomic mass is 10.2. The van der Waals surface area contributed by atoms with E-state index in [0.29, 0.717) is 35.2 Å². The second kappa shape index (κ2) is 10.4. The van der Waals surface area contributed by atoms with Gasteiger partial charge in [-0.3, -0.25) is 14.9 Å². The van der Waals surface area contributed by atoms with Crippen molar-refractivity contribution >= 4 is 34.0 Å². The molecule has 0 atom stereocenters. The average molecular weight is 467 g/mol. The van der Waals surface area contributed by atoms with E-state index in [9.17, 15) is 9.59 Å². The molecule has 1 aliphatic heterocycles. The highest BCUT2D eigenvalue weighted by Crippen LogP contribution is 2.22. The van der Waals surface area contributed by atoms with Crippen molar-refractivity contribution in [2.45, 2.75) is 6.42 Å². The van der Waals surface area contributed by atoms with Gasteiger partial charge in [0, 0.05) is 42.8 Å². The molecule has 0 bridgehead atoms. The number of amides is 2. The maximum atomic E-state index is 12.8. The zero-order valence-electron chi connectivity index (χ0n) is 18.6. The fourth-order valence-electron chi connectivity index (χ4n) is 3.63. The highest BCUT2D eigenvalue weighted by molar-refractivity contribution is 7.14. The Morgan fingerprint density at radius 2 is 1.55 bits per heavy atom. The molecule has 2 amide bonds. The van der Waals surface area contributed by atoms with Crippen LogP contribution in [0.2, 0.25) is 0 Å². The molecule has 2 aromatic carbocycles. The number of aromatic nitrogens is 1. The van der Waals surface area contributed by atoms with Crippen LogP contribution in [0.1, 0.15) is 16.1 Å². The van der Waals surface area contributed by atoms with Gasteiger partial charge >= 0.3 is 0 Å². The third-order valence-corrected chi connectivity index (χ3v) is 6.33. The lowest BCUT2D eigenvalue weighted by Crippen LogP contribution is -2.49. The van der Waals surface area contributed by atoms with E-state index in [1.54, 1.807) is 38.5 Å². The maximum absolute atomic E-state index is 12.8. The van der Waals surface area contributed by atoms with Gasteiger partial charge in [0.15, 0.2) is 5.13 Å². The van der Waals surface area contributed by atoms with Gasteiger partial charge in [-0.05, 0) is 48.5 Å². The predicted molar refractivity (Wildman–Crippen MR) is 129 cm³/mol. The van der Waals surface area contributed by atoms with E-state index in [2.05, 4.69) is 15.2 Å². The number of ether oxygens (including phenoxy) is 2. The molecule has 1 aliphatic rings. The first-order valence-corrected chi connectivity index (χ1v) is 11.5. The molecule has 2 heterocycles. The molecular formula is C24H26N4O4S. The largest absolute Gasteiger partial charge is 0.497 e. The van der Waals surface area contributed by atoms with Crippen molar-refractivity contribution in [3.05, 3.63) is 65.2 Å². The Kier molecular flexibility index (Phi) is 7.09. The number of methoxy groups -OCH3 is 2. The van der Waals surface area contributed by atoms with Crippen molar-refractivity contribution in [2.24, 2.45) is 0 Å². The van der Waals surface area contributed by atoms with Gasteiger partial charge in [0.2, 0.25) is 5.91 Å². The summed E-state index contributed by atoms with van der Waals surface area (Å²) in [6.07, 6.45) is 0.220. The molecule has 172 valence electrons. The monoisotopic (exact) mass is 466 g/mol. The summed E-state index contributed by atoms with van der Waals surface area (Å²) < 4.78 is 10.3. The summed E-state index contributed by atoms with van der Waals surface area (Å²) in [5.41, 5.74) is 2.30. The van der Waals surface area contributed by atoms with Crippen molar-refractivity contribution in [3.63, 3.8) is 0 Å². The van der Waals surface area contributed by atoms with Gasteiger partial charge in [-0.15, -0.1) is 11.3 Å². The quantitative estimate of drug-likeness (QED) is 0.575. The number of carbonyl (C=O) groups is 2. The molecule has 4 rings (SSSR count). The van der Waals surface area contributed by atoms with Crippen LogP contribution in [-0.4, -0.2) is 62.1 Å². The van der Waals surface area contributed by atoms with Crippen LogP contribution in [-0.2, 0) is 11.2 Å². The van der Waals surface area contributed by atoms with Gasteiger partial charge in [-0.25, -0.2) is 4.98 Å². The van der Waals surface area contributed by atoms with Crippen molar-refractivity contribution in [2.75, 3.05) is 50.6 Å². The van der Waals surface area contributed by atoms with Crippen LogP contribution in [0.5, 0.6) is 11.5 Å². The number of rotatable bonds is 7. The minimum Gasteiger partial charge on any atom is -0.497 e. The molecule has 1 fully saturated rings. The van der Waals surface area contributed by atoms with E-state index in [0.717, 1.165) is 24.5 Å². The molecule has 0 spiro atoms. The SMILES string of the molecule is COc1ccc(C(=O)Nc2nc(CC(=O)N3CCN(c4ccc(OC)cc4)CC3)cs2)cc1. The van der Waals surface area contributed by atoms with Crippen molar-refractivity contribution < 1.29 is 19.1 Å². The number of anilines is 2. The Bertz CT molecular complexity index is 1090. The van der Waals surface area contributed by atoms with Crippen molar-refractivity contribution in [1.82, 2.24) is 9.88 Å². The summed E-state index contributed by atoms with van der Waals surface area (Å²) in [6, 6.07) is 14.8. The van der Waals surface area contributed by atoms with E-state index in [4.69, 9.17) is 9.47 Å². The third kappa shape index (κ3) is 5.61. The molecule has 1 saturated heterocycles. The Labute approximate surface area is 196 Å². The van der Waals surface area contributed by atoms with E-state index < -0.39 is 0 Å².